The first-order valence-corrected chi connectivity index (χ1v) is 8.60. The second-order valence-corrected chi connectivity index (χ2v) is 6.44. The van der Waals surface area contributed by atoms with E-state index in [4.69, 9.17) is 19.1 Å². The molecule has 0 radical (unpaired) electrons. The van der Waals surface area contributed by atoms with Gasteiger partial charge < -0.3 is 19.1 Å². The van der Waals surface area contributed by atoms with Gasteiger partial charge in [-0.15, -0.1) is 0 Å². The highest BCUT2D eigenvalue weighted by Crippen LogP contribution is 2.35. The van der Waals surface area contributed by atoms with Gasteiger partial charge in [-0.3, -0.25) is 4.79 Å². The highest BCUT2D eigenvalue weighted by Gasteiger charge is 2.45. The number of hydrogen-bond acceptors (Lipinski definition) is 6. The molecule has 1 saturated carbocycles. The minimum absolute atomic E-state index is 0.257. The van der Waals surface area contributed by atoms with Crippen LogP contribution in [0.2, 0.25) is 0 Å². The topological polar surface area (TPSA) is 94.7 Å². The Morgan fingerprint density at radius 3 is 2.78 bits per heavy atom. The van der Waals surface area contributed by atoms with Crippen LogP contribution in [0.15, 0.2) is 53.1 Å². The van der Waals surface area contributed by atoms with Gasteiger partial charge in [-0.05, 0) is 23.8 Å². The van der Waals surface area contributed by atoms with Gasteiger partial charge in [-0.25, -0.2) is 0 Å². The van der Waals surface area contributed by atoms with Crippen molar-refractivity contribution in [2.24, 2.45) is 5.92 Å². The zero-order chi connectivity index (χ0) is 18.8. The third kappa shape index (κ3) is 4.08. The van der Waals surface area contributed by atoms with Crippen molar-refractivity contribution in [3.8, 4) is 22.9 Å². The quantitative estimate of drug-likeness (QED) is 0.684. The third-order valence-corrected chi connectivity index (χ3v) is 4.26. The maximum atomic E-state index is 10.9. The van der Waals surface area contributed by atoms with E-state index in [0.29, 0.717) is 36.2 Å². The van der Waals surface area contributed by atoms with E-state index in [-0.39, 0.29) is 6.10 Å². The molecule has 1 N–H and O–H groups in total. The zero-order valence-electron chi connectivity index (χ0n) is 14.7. The van der Waals surface area contributed by atoms with Crippen LogP contribution >= 0.6 is 0 Å². The number of ether oxygens (including phenoxy) is 2. The molecule has 1 aliphatic rings. The predicted molar refractivity (Wildman–Crippen MR) is 95.4 cm³/mol. The number of aromatic nitrogens is 2. The third-order valence-electron chi connectivity index (χ3n) is 4.26. The summed E-state index contributed by atoms with van der Waals surface area (Å²) in [6.45, 7) is 2.12. The fraction of sp³-hybridized carbons (Fsp3) is 0.250. The molecule has 1 fully saturated rings. The number of carboxylic acid groups (broad SMARTS) is 1. The molecule has 0 spiro atoms. The lowest BCUT2D eigenvalue weighted by atomic mass is 10.1. The van der Waals surface area contributed by atoms with E-state index in [9.17, 15) is 4.79 Å². The van der Waals surface area contributed by atoms with Crippen LogP contribution in [0.1, 0.15) is 17.9 Å². The number of aryl methyl sites for hydroxylation is 1. The standard InChI is InChI=1S/C20H18N2O5/c1-12-21-19(22-27-12)14-5-2-4-13(8-14)11-25-15-6-3-7-16(9-15)26-18-10-17(18)20(23)24/h2-9,17-18H,10-11H2,1H3,(H,23,24)/t17?,18-/m1/s1. The molecule has 1 unspecified atom stereocenters. The van der Waals surface area contributed by atoms with E-state index in [0.717, 1.165) is 11.1 Å². The van der Waals surface area contributed by atoms with Gasteiger partial charge in [0.05, 0.1) is 5.92 Å². The normalized spacial score (nSPS) is 18.1. The second kappa shape index (κ2) is 7.11. The molecule has 7 nitrogen and oxygen atoms in total. The maximum Gasteiger partial charge on any atom is 0.310 e. The van der Waals surface area contributed by atoms with Crippen LogP contribution in [0.4, 0.5) is 0 Å². The van der Waals surface area contributed by atoms with Crippen molar-refractivity contribution >= 4 is 5.97 Å². The summed E-state index contributed by atoms with van der Waals surface area (Å²) in [5.74, 6) is 1.10. The van der Waals surface area contributed by atoms with Gasteiger partial charge in [0.15, 0.2) is 0 Å². The molecule has 2 aromatic carbocycles. The summed E-state index contributed by atoms with van der Waals surface area (Å²) in [6, 6.07) is 15.0. The fourth-order valence-corrected chi connectivity index (χ4v) is 2.76. The van der Waals surface area contributed by atoms with Gasteiger partial charge in [0.25, 0.3) is 0 Å². The summed E-state index contributed by atoms with van der Waals surface area (Å²) in [6.07, 6.45) is 0.288. The Balaban J connectivity index is 1.39. The number of aliphatic carboxylic acids is 1. The van der Waals surface area contributed by atoms with Gasteiger partial charge in [0.2, 0.25) is 11.7 Å². The predicted octanol–water partition coefficient (Wildman–Crippen LogP) is 3.48. The Hall–Kier alpha value is -3.35. The van der Waals surface area contributed by atoms with Gasteiger partial charge in [0, 0.05) is 25.0 Å². The molecular formula is C20H18N2O5. The fourth-order valence-electron chi connectivity index (χ4n) is 2.76. The largest absolute Gasteiger partial charge is 0.489 e. The Labute approximate surface area is 155 Å². The molecule has 1 aliphatic carbocycles. The van der Waals surface area contributed by atoms with Gasteiger partial charge in [-0.2, -0.15) is 4.98 Å². The molecule has 4 rings (SSSR count). The van der Waals surface area contributed by atoms with Crippen LogP contribution in [0.5, 0.6) is 11.5 Å². The first kappa shape index (κ1) is 17.1. The Morgan fingerprint density at radius 1 is 1.22 bits per heavy atom. The van der Waals surface area contributed by atoms with E-state index in [1.54, 1.807) is 19.1 Å². The number of rotatable bonds is 7. The molecule has 3 aromatic rings. The van der Waals surface area contributed by atoms with E-state index >= 15 is 0 Å². The first-order chi connectivity index (χ1) is 13.1. The minimum Gasteiger partial charge on any atom is -0.489 e. The Morgan fingerprint density at radius 2 is 2.04 bits per heavy atom. The summed E-state index contributed by atoms with van der Waals surface area (Å²) in [5.41, 5.74) is 1.83. The zero-order valence-corrected chi connectivity index (χ0v) is 14.7. The average Bonchev–Trinajstić information content (AvgIpc) is 3.30. The van der Waals surface area contributed by atoms with Gasteiger partial charge in [-0.1, -0.05) is 29.4 Å². The molecule has 0 bridgehead atoms. The maximum absolute atomic E-state index is 10.9. The lowest BCUT2D eigenvalue weighted by Gasteiger charge is -2.10. The van der Waals surface area contributed by atoms with E-state index < -0.39 is 11.9 Å². The van der Waals surface area contributed by atoms with Crippen LogP contribution in [-0.2, 0) is 11.4 Å². The number of carboxylic acids is 1. The monoisotopic (exact) mass is 366 g/mol. The van der Waals surface area contributed by atoms with Crippen molar-refractivity contribution in [3.05, 3.63) is 60.0 Å². The summed E-state index contributed by atoms with van der Waals surface area (Å²) >= 11 is 0. The molecule has 138 valence electrons. The van der Waals surface area contributed by atoms with Crippen LogP contribution in [0, 0.1) is 12.8 Å². The summed E-state index contributed by atoms with van der Waals surface area (Å²) in [7, 11) is 0. The number of nitrogens with zero attached hydrogens (tertiary/aromatic N) is 2. The lowest BCUT2D eigenvalue weighted by Crippen LogP contribution is -2.07. The van der Waals surface area contributed by atoms with Crippen molar-refractivity contribution in [1.29, 1.82) is 0 Å². The number of carbonyl (C=O) groups is 1. The molecule has 7 heteroatoms. The van der Waals surface area contributed by atoms with Crippen molar-refractivity contribution in [1.82, 2.24) is 10.1 Å². The average molecular weight is 366 g/mol. The molecule has 2 atom stereocenters. The molecule has 1 aromatic heterocycles. The highest BCUT2D eigenvalue weighted by atomic mass is 16.5. The summed E-state index contributed by atoms with van der Waals surface area (Å²) in [4.78, 5) is 15.1. The van der Waals surface area contributed by atoms with Gasteiger partial charge in [0.1, 0.15) is 24.2 Å². The van der Waals surface area contributed by atoms with Crippen molar-refractivity contribution in [2.45, 2.75) is 26.1 Å². The number of benzene rings is 2. The van der Waals surface area contributed by atoms with Crippen LogP contribution in [0.3, 0.4) is 0 Å². The van der Waals surface area contributed by atoms with Crippen LogP contribution < -0.4 is 9.47 Å². The lowest BCUT2D eigenvalue weighted by molar-refractivity contribution is -0.139. The molecule has 0 amide bonds. The van der Waals surface area contributed by atoms with Crippen LogP contribution in [0.25, 0.3) is 11.4 Å². The molecule has 0 aliphatic heterocycles. The number of hydrogen-bond donors (Lipinski definition) is 1. The van der Waals surface area contributed by atoms with Crippen molar-refractivity contribution in [3.63, 3.8) is 0 Å². The molecule has 0 saturated heterocycles. The molecular weight excluding hydrogens is 348 g/mol. The van der Waals surface area contributed by atoms with Crippen LogP contribution in [-0.4, -0.2) is 27.3 Å². The van der Waals surface area contributed by atoms with Crippen molar-refractivity contribution < 1.29 is 23.9 Å². The van der Waals surface area contributed by atoms with Gasteiger partial charge >= 0.3 is 5.97 Å². The second-order valence-electron chi connectivity index (χ2n) is 6.44. The first-order valence-electron chi connectivity index (χ1n) is 8.60. The molecule has 1 heterocycles. The SMILES string of the molecule is Cc1nc(-c2cccc(COc3cccc(O[C@@H]4CC4C(=O)O)c3)c2)no1. The van der Waals surface area contributed by atoms with E-state index in [1.807, 2.05) is 36.4 Å². The van der Waals surface area contributed by atoms with Crippen molar-refractivity contribution in [2.75, 3.05) is 0 Å². The Bertz CT molecular complexity index is 968. The van der Waals surface area contributed by atoms with E-state index in [1.165, 1.54) is 0 Å². The van der Waals surface area contributed by atoms with E-state index in [2.05, 4.69) is 10.1 Å². The summed E-state index contributed by atoms with van der Waals surface area (Å²) in [5, 5.41) is 12.9. The minimum atomic E-state index is -0.816. The summed E-state index contributed by atoms with van der Waals surface area (Å²) < 4.78 is 16.5. The Kier molecular flexibility index (Phi) is 4.50. The smallest absolute Gasteiger partial charge is 0.310 e. The molecule has 27 heavy (non-hydrogen) atoms. The highest BCUT2D eigenvalue weighted by molar-refractivity contribution is 5.74.